The van der Waals surface area contributed by atoms with Crippen molar-refractivity contribution in [2.75, 3.05) is 59.1 Å². The lowest BCUT2D eigenvalue weighted by atomic mass is 9.97. The molecule has 2 saturated heterocycles. The Morgan fingerprint density at radius 2 is 1.84 bits per heavy atom. The molecule has 0 aliphatic carbocycles. The van der Waals surface area contributed by atoms with Crippen LogP contribution in [0.4, 0.5) is 0 Å². The summed E-state index contributed by atoms with van der Waals surface area (Å²) in [6.07, 6.45) is 6.12. The topological polar surface area (TPSA) is 35.9 Å². The molecule has 0 aromatic carbocycles. The number of hydrogen-bond donors (Lipinski definition) is 1. The molecule has 0 spiro atoms. The average Bonchev–Trinajstić information content (AvgIpc) is 2.45. The van der Waals surface area contributed by atoms with Crippen LogP contribution in [0.2, 0.25) is 0 Å². The molecule has 0 radical (unpaired) electrons. The van der Waals surface area contributed by atoms with Gasteiger partial charge in [0.15, 0.2) is 0 Å². The zero-order valence-electron chi connectivity index (χ0n) is 12.2. The van der Waals surface area contributed by atoms with E-state index in [1.54, 1.807) is 0 Å². The Bertz CT molecular complexity index is 232. The van der Waals surface area contributed by atoms with Gasteiger partial charge in [0.1, 0.15) is 0 Å². The van der Waals surface area contributed by atoms with Crippen molar-refractivity contribution in [1.29, 1.82) is 0 Å². The van der Waals surface area contributed by atoms with Crippen LogP contribution in [0.15, 0.2) is 0 Å². The summed E-state index contributed by atoms with van der Waals surface area (Å²) in [4.78, 5) is 5.20. The van der Waals surface area contributed by atoms with Crippen LogP contribution in [-0.2, 0) is 4.74 Å². The van der Waals surface area contributed by atoms with Crippen LogP contribution in [0.1, 0.15) is 32.1 Å². The van der Waals surface area contributed by atoms with E-state index in [1.165, 1.54) is 51.9 Å². The monoisotopic (exact) mass is 270 g/mol. The minimum atomic E-state index is 0.347. The number of nitrogens with zero attached hydrogens (tertiary/aromatic N) is 2. The van der Waals surface area contributed by atoms with Crippen LogP contribution in [-0.4, -0.2) is 74.0 Å². The minimum Gasteiger partial charge on any atom is -0.396 e. The first-order chi connectivity index (χ1) is 9.38. The Balaban J connectivity index is 1.62. The summed E-state index contributed by atoms with van der Waals surface area (Å²) in [5.41, 5.74) is 0. The summed E-state index contributed by atoms with van der Waals surface area (Å²) in [5.74, 6) is 0.852. The highest BCUT2D eigenvalue weighted by Crippen LogP contribution is 2.18. The van der Waals surface area contributed by atoms with Crippen LogP contribution in [0.3, 0.4) is 0 Å². The maximum absolute atomic E-state index is 8.80. The number of hydrogen-bond acceptors (Lipinski definition) is 4. The van der Waals surface area contributed by atoms with Gasteiger partial charge in [0.05, 0.1) is 13.2 Å². The van der Waals surface area contributed by atoms with Crippen molar-refractivity contribution in [2.24, 2.45) is 5.92 Å². The lowest BCUT2D eigenvalue weighted by Crippen LogP contribution is -2.44. The van der Waals surface area contributed by atoms with E-state index in [2.05, 4.69) is 9.80 Å². The molecule has 0 bridgehead atoms. The van der Waals surface area contributed by atoms with Crippen LogP contribution < -0.4 is 0 Å². The van der Waals surface area contributed by atoms with Crippen molar-refractivity contribution in [3.8, 4) is 0 Å². The molecule has 1 unspecified atom stereocenters. The molecule has 0 saturated carbocycles. The zero-order valence-corrected chi connectivity index (χ0v) is 12.2. The van der Waals surface area contributed by atoms with E-state index in [0.29, 0.717) is 6.61 Å². The fourth-order valence-electron chi connectivity index (χ4n) is 3.28. The first-order valence-electron chi connectivity index (χ1n) is 8.02. The fourth-order valence-corrected chi connectivity index (χ4v) is 3.28. The third-order valence-corrected chi connectivity index (χ3v) is 4.36. The van der Waals surface area contributed by atoms with Gasteiger partial charge in [0.2, 0.25) is 0 Å². The first-order valence-corrected chi connectivity index (χ1v) is 8.02. The van der Waals surface area contributed by atoms with Crippen LogP contribution in [0.25, 0.3) is 0 Å². The molecule has 0 amide bonds. The van der Waals surface area contributed by atoms with Gasteiger partial charge in [-0.2, -0.15) is 0 Å². The molecule has 2 aliphatic heterocycles. The standard InChI is InChI=1S/C15H30N2O2/c18-10-3-1-2-6-16-7-4-5-15(13-16)14-17-8-11-19-12-9-17/h15,18H,1-14H2. The molecule has 0 aromatic heterocycles. The van der Waals surface area contributed by atoms with Gasteiger partial charge in [0, 0.05) is 32.8 Å². The number of piperidine rings is 1. The molecule has 2 rings (SSSR count). The number of aliphatic hydroxyl groups excluding tert-OH is 1. The predicted molar refractivity (Wildman–Crippen MR) is 77.4 cm³/mol. The largest absolute Gasteiger partial charge is 0.396 e. The van der Waals surface area contributed by atoms with Gasteiger partial charge in [-0.1, -0.05) is 0 Å². The minimum absolute atomic E-state index is 0.347. The Labute approximate surface area is 117 Å². The summed E-state index contributed by atoms with van der Waals surface area (Å²) in [7, 11) is 0. The zero-order chi connectivity index (χ0) is 13.3. The van der Waals surface area contributed by atoms with Gasteiger partial charge in [-0.05, 0) is 51.1 Å². The van der Waals surface area contributed by atoms with Crippen molar-refractivity contribution < 1.29 is 9.84 Å². The van der Waals surface area contributed by atoms with E-state index in [-0.39, 0.29) is 0 Å². The Morgan fingerprint density at radius 3 is 2.63 bits per heavy atom. The second-order valence-corrected chi connectivity index (χ2v) is 6.01. The maximum Gasteiger partial charge on any atom is 0.0594 e. The second kappa shape index (κ2) is 8.90. The van der Waals surface area contributed by atoms with E-state index >= 15 is 0 Å². The summed E-state index contributed by atoms with van der Waals surface area (Å²) in [6, 6.07) is 0. The molecular weight excluding hydrogens is 240 g/mol. The van der Waals surface area contributed by atoms with Crippen molar-refractivity contribution in [2.45, 2.75) is 32.1 Å². The molecule has 4 heteroatoms. The lowest BCUT2D eigenvalue weighted by Gasteiger charge is -2.36. The molecule has 4 nitrogen and oxygen atoms in total. The third kappa shape index (κ3) is 5.78. The van der Waals surface area contributed by atoms with Crippen LogP contribution in [0.5, 0.6) is 0 Å². The predicted octanol–water partition coefficient (Wildman–Crippen LogP) is 1.19. The fraction of sp³-hybridized carbons (Fsp3) is 1.00. The highest BCUT2D eigenvalue weighted by Gasteiger charge is 2.22. The van der Waals surface area contributed by atoms with E-state index in [0.717, 1.165) is 38.6 Å². The van der Waals surface area contributed by atoms with E-state index < -0.39 is 0 Å². The third-order valence-electron chi connectivity index (χ3n) is 4.36. The quantitative estimate of drug-likeness (QED) is 0.705. The number of aliphatic hydroxyl groups is 1. The normalized spacial score (nSPS) is 26.7. The van der Waals surface area contributed by atoms with Gasteiger partial charge in [-0.25, -0.2) is 0 Å². The number of ether oxygens (including phenoxy) is 1. The Hall–Kier alpha value is -0.160. The van der Waals surface area contributed by atoms with Crippen molar-refractivity contribution in [3.63, 3.8) is 0 Å². The van der Waals surface area contributed by atoms with Crippen LogP contribution >= 0.6 is 0 Å². The summed E-state index contributed by atoms with van der Waals surface area (Å²) in [5, 5.41) is 8.80. The number of unbranched alkanes of at least 4 members (excludes halogenated alkanes) is 2. The number of morpholine rings is 1. The van der Waals surface area contributed by atoms with Crippen molar-refractivity contribution >= 4 is 0 Å². The molecule has 112 valence electrons. The SMILES string of the molecule is OCCCCCN1CCCC(CN2CCOCC2)C1. The van der Waals surface area contributed by atoms with E-state index in [4.69, 9.17) is 9.84 Å². The Morgan fingerprint density at radius 1 is 1.00 bits per heavy atom. The Kier molecular flexibility index (Phi) is 7.14. The van der Waals surface area contributed by atoms with Gasteiger partial charge >= 0.3 is 0 Å². The van der Waals surface area contributed by atoms with E-state index in [1.807, 2.05) is 0 Å². The summed E-state index contributed by atoms with van der Waals surface area (Å²) >= 11 is 0. The van der Waals surface area contributed by atoms with E-state index in [9.17, 15) is 0 Å². The van der Waals surface area contributed by atoms with Crippen LogP contribution in [0, 0.1) is 5.92 Å². The molecular formula is C15H30N2O2. The molecule has 0 aromatic rings. The highest BCUT2D eigenvalue weighted by atomic mass is 16.5. The van der Waals surface area contributed by atoms with Gasteiger partial charge < -0.3 is 14.7 Å². The number of rotatable bonds is 7. The van der Waals surface area contributed by atoms with Gasteiger partial charge in [0.25, 0.3) is 0 Å². The molecule has 19 heavy (non-hydrogen) atoms. The molecule has 2 heterocycles. The average molecular weight is 270 g/mol. The number of likely N-dealkylation sites (tertiary alicyclic amines) is 1. The molecule has 1 atom stereocenters. The maximum atomic E-state index is 8.80. The van der Waals surface area contributed by atoms with Crippen molar-refractivity contribution in [1.82, 2.24) is 9.80 Å². The van der Waals surface area contributed by atoms with Gasteiger partial charge in [-0.15, -0.1) is 0 Å². The molecule has 2 fully saturated rings. The molecule has 2 aliphatic rings. The first kappa shape index (κ1) is 15.2. The second-order valence-electron chi connectivity index (χ2n) is 6.01. The summed E-state index contributed by atoms with van der Waals surface area (Å²) < 4.78 is 5.41. The van der Waals surface area contributed by atoms with Crippen molar-refractivity contribution in [3.05, 3.63) is 0 Å². The smallest absolute Gasteiger partial charge is 0.0594 e. The molecule has 1 N–H and O–H groups in total. The summed E-state index contributed by atoms with van der Waals surface area (Å²) in [6.45, 7) is 9.44. The highest BCUT2D eigenvalue weighted by molar-refractivity contribution is 4.76. The van der Waals surface area contributed by atoms with Gasteiger partial charge in [-0.3, -0.25) is 4.90 Å². The lowest BCUT2D eigenvalue weighted by molar-refractivity contribution is 0.0228.